The minimum atomic E-state index is -0.554. The van der Waals surface area contributed by atoms with E-state index in [2.05, 4.69) is 20.0 Å². The van der Waals surface area contributed by atoms with Crippen molar-refractivity contribution in [2.75, 3.05) is 32.6 Å². The van der Waals surface area contributed by atoms with Crippen molar-refractivity contribution in [3.05, 3.63) is 35.2 Å². The molecule has 1 aromatic carbocycles. The van der Waals surface area contributed by atoms with Crippen molar-refractivity contribution < 1.29 is 14.1 Å². The maximum absolute atomic E-state index is 12.6. The average molecular weight is 452 g/mol. The van der Waals surface area contributed by atoms with Crippen LogP contribution in [0.15, 0.2) is 33.8 Å². The first-order valence-corrected chi connectivity index (χ1v) is 11.0. The molecule has 1 aromatic heterocycles. The lowest BCUT2D eigenvalue weighted by atomic mass is 10.1. The van der Waals surface area contributed by atoms with Gasteiger partial charge in [0.1, 0.15) is 11.6 Å². The number of nitrogens with zero attached hydrogens (tertiary/aromatic N) is 5. The van der Waals surface area contributed by atoms with E-state index in [9.17, 15) is 4.79 Å². The Kier molecular flexibility index (Phi) is 7.38. The van der Waals surface area contributed by atoms with Crippen LogP contribution in [0.3, 0.4) is 0 Å². The van der Waals surface area contributed by atoms with Crippen molar-refractivity contribution in [3.63, 3.8) is 0 Å². The molecular weight excluding hydrogens is 426 g/mol. The van der Waals surface area contributed by atoms with Crippen LogP contribution in [0.25, 0.3) is 11.4 Å². The van der Waals surface area contributed by atoms with Crippen molar-refractivity contribution in [3.8, 4) is 11.4 Å². The SMILES string of the molecule is C/N=C\SCN1CCN(C(=O)OC(C)(C)C)CC1c1nc(-c2cccc(Cl)c2)no1. The van der Waals surface area contributed by atoms with Gasteiger partial charge in [0.2, 0.25) is 11.7 Å². The van der Waals surface area contributed by atoms with Gasteiger partial charge < -0.3 is 14.2 Å². The zero-order valence-electron chi connectivity index (χ0n) is 17.5. The van der Waals surface area contributed by atoms with Crippen LogP contribution >= 0.6 is 23.4 Å². The molecule has 1 aliphatic heterocycles. The number of rotatable bonds is 5. The fourth-order valence-electron chi connectivity index (χ4n) is 3.02. The molecular formula is C20H26ClN5O3S. The lowest BCUT2D eigenvalue weighted by molar-refractivity contribution is 0.00305. The van der Waals surface area contributed by atoms with Gasteiger partial charge in [-0.2, -0.15) is 4.98 Å². The maximum Gasteiger partial charge on any atom is 0.410 e. The Morgan fingerprint density at radius 2 is 2.23 bits per heavy atom. The van der Waals surface area contributed by atoms with Gasteiger partial charge >= 0.3 is 6.09 Å². The minimum Gasteiger partial charge on any atom is -0.444 e. The summed E-state index contributed by atoms with van der Waals surface area (Å²) in [6, 6.07) is 7.05. The number of carbonyl (C=O) groups excluding carboxylic acids is 1. The van der Waals surface area contributed by atoms with Crippen LogP contribution in [-0.2, 0) is 4.74 Å². The number of thioether (sulfide) groups is 1. The zero-order valence-corrected chi connectivity index (χ0v) is 19.1. The lowest BCUT2D eigenvalue weighted by Gasteiger charge is -2.39. The molecule has 2 heterocycles. The Balaban J connectivity index is 1.81. The van der Waals surface area contributed by atoms with Gasteiger partial charge in [-0.15, -0.1) is 0 Å². The number of hydrogen-bond acceptors (Lipinski definition) is 8. The zero-order chi connectivity index (χ0) is 21.7. The number of carbonyl (C=O) groups is 1. The second kappa shape index (κ2) is 9.80. The van der Waals surface area contributed by atoms with E-state index in [0.717, 1.165) is 5.56 Å². The Bertz CT molecular complexity index is 899. The van der Waals surface area contributed by atoms with Gasteiger partial charge in [0.05, 0.1) is 11.4 Å². The number of aromatic nitrogens is 2. The molecule has 0 aliphatic carbocycles. The molecule has 162 valence electrons. The molecule has 1 unspecified atom stereocenters. The molecule has 0 bridgehead atoms. The van der Waals surface area contributed by atoms with E-state index in [1.165, 1.54) is 0 Å². The molecule has 1 atom stereocenters. The summed E-state index contributed by atoms with van der Waals surface area (Å²) in [5, 5.41) is 4.73. The Hall–Kier alpha value is -2.10. The molecule has 1 amide bonds. The molecule has 1 fully saturated rings. The van der Waals surface area contributed by atoms with Gasteiger partial charge in [-0.1, -0.05) is 40.7 Å². The van der Waals surface area contributed by atoms with E-state index >= 15 is 0 Å². The summed E-state index contributed by atoms with van der Waals surface area (Å²) in [5.41, 5.74) is 2.01. The first kappa shape index (κ1) is 22.6. The molecule has 8 nitrogen and oxygen atoms in total. The van der Waals surface area contributed by atoms with Gasteiger partial charge in [-0.3, -0.25) is 9.89 Å². The third-order valence-electron chi connectivity index (χ3n) is 4.37. The van der Waals surface area contributed by atoms with Crippen LogP contribution in [0.4, 0.5) is 4.79 Å². The summed E-state index contributed by atoms with van der Waals surface area (Å²) >= 11 is 7.66. The van der Waals surface area contributed by atoms with Crippen molar-refractivity contribution >= 4 is 35.0 Å². The molecule has 10 heteroatoms. The summed E-state index contributed by atoms with van der Waals surface area (Å²) in [5.74, 6) is 1.61. The largest absolute Gasteiger partial charge is 0.444 e. The van der Waals surface area contributed by atoms with Crippen LogP contribution in [0, 0.1) is 0 Å². The number of piperazine rings is 1. The van der Waals surface area contributed by atoms with Crippen molar-refractivity contribution in [1.82, 2.24) is 19.9 Å². The summed E-state index contributed by atoms with van der Waals surface area (Å²) in [4.78, 5) is 25.1. The monoisotopic (exact) mass is 451 g/mol. The highest BCUT2D eigenvalue weighted by Gasteiger charge is 2.36. The van der Waals surface area contributed by atoms with Crippen molar-refractivity contribution in [1.29, 1.82) is 0 Å². The molecule has 0 N–H and O–H groups in total. The van der Waals surface area contributed by atoms with Gasteiger partial charge in [0.25, 0.3) is 0 Å². The molecule has 0 radical (unpaired) electrons. The summed E-state index contributed by atoms with van der Waals surface area (Å²) in [6.45, 7) is 7.18. The van der Waals surface area contributed by atoms with E-state index in [1.807, 2.05) is 32.9 Å². The number of hydrogen-bond donors (Lipinski definition) is 0. The first-order valence-electron chi connectivity index (χ1n) is 9.60. The second-order valence-electron chi connectivity index (χ2n) is 7.88. The number of halogens is 1. The van der Waals surface area contributed by atoms with E-state index in [4.69, 9.17) is 20.9 Å². The summed E-state index contributed by atoms with van der Waals surface area (Å²) in [6.07, 6.45) is -0.343. The van der Waals surface area contributed by atoms with Gasteiger partial charge in [0.15, 0.2) is 0 Å². The average Bonchev–Trinajstić information content (AvgIpc) is 3.17. The highest BCUT2D eigenvalue weighted by Crippen LogP contribution is 2.29. The molecule has 1 aliphatic rings. The van der Waals surface area contributed by atoms with Crippen molar-refractivity contribution in [2.24, 2.45) is 4.99 Å². The number of amides is 1. The van der Waals surface area contributed by atoms with Crippen LogP contribution < -0.4 is 0 Å². The van der Waals surface area contributed by atoms with Gasteiger partial charge in [-0.05, 0) is 32.9 Å². The molecule has 2 aromatic rings. The van der Waals surface area contributed by atoms with Crippen molar-refractivity contribution in [2.45, 2.75) is 32.4 Å². The van der Waals surface area contributed by atoms with E-state index in [0.29, 0.717) is 42.2 Å². The standard InChI is InChI=1S/C20H26ClN5O3S/c1-20(2,3)28-19(27)25-8-9-26(13-30-12-22-4)16(11-25)18-23-17(24-29-18)14-6-5-7-15(21)10-14/h5-7,10,12,16H,8-9,11,13H2,1-4H3/b22-12-. The highest BCUT2D eigenvalue weighted by molar-refractivity contribution is 8.12. The maximum atomic E-state index is 12.6. The minimum absolute atomic E-state index is 0.246. The molecule has 0 saturated carbocycles. The van der Waals surface area contributed by atoms with E-state index < -0.39 is 5.60 Å². The smallest absolute Gasteiger partial charge is 0.410 e. The van der Waals surface area contributed by atoms with E-state index in [1.54, 1.807) is 41.4 Å². The van der Waals surface area contributed by atoms with Crippen LogP contribution in [-0.4, -0.2) is 69.7 Å². The van der Waals surface area contributed by atoms with Crippen LogP contribution in [0.5, 0.6) is 0 Å². The molecule has 1 saturated heterocycles. The number of benzene rings is 1. The first-order chi connectivity index (χ1) is 14.3. The quantitative estimate of drug-likeness (QED) is 0.494. The number of aliphatic imine (C=N–C) groups is 1. The van der Waals surface area contributed by atoms with Crippen LogP contribution in [0.1, 0.15) is 32.7 Å². The summed E-state index contributed by atoms with van der Waals surface area (Å²) < 4.78 is 11.1. The molecule has 0 spiro atoms. The third-order valence-corrected chi connectivity index (χ3v) is 5.45. The van der Waals surface area contributed by atoms with E-state index in [-0.39, 0.29) is 12.1 Å². The highest BCUT2D eigenvalue weighted by atomic mass is 35.5. The van der Waals surface area contributed by atoms with Gasteiger partial charge in [0, 0.05) is 37.3 Å². The predicted molar refractivity (Wildman–Crippen MR) is 119 cm³/mol. The van der Waals surface area contributed by atoms with Gasteiger partial charge in [-0.25, -0.2) is 4.79 Å². The third kappa shape index (κ3) is 5.96. The Morgan fingerprint density at radius 3 is 2.93 bits per heavy atom. The predicted octanol–water partition coefficient (Wildman–Crippen LogP) is 4.33. The topological polar surface area (TPSA) is 84.1 Å². The fourth-order valence-corrected chi connectivity index (χ4v) is 3.93. The summed E-state index contributed by atoms with van der Waals surface area (Å²) in [7, 11) is 1.74. The fraction of sp³-hybridized carbons (Fsp3) is 0.500. The second-order valence-corrected chi connectivity index (χ2v) is 9.12. The lowest BCUT2D eigenvalue weighted by Crippen LogP contribution is -2.51. The molecule has 3 rings (SSSR count). The van der Waals surface area contributed by atoms with Crippen LogP contribution in [0.2, 0.25) is 5.02 Å². The molecule has 30 heavy (non-hydrogen) atoms. The Labute approximate surface area is 185 Å². The Morgan fingerprint density at radius 1 is 1.43 bits per heavy atom. The normalized spacial score (nSPS) is 18.2. The number of ether oxygens (including phenoxy) is 1.